The van der Waals surface area contributed by atoms with Crippen LogP contribution in [-0.4, -0.2) is 12.9 Å². The van der Waals surface area contributed by atoms with Crippen LogP contribution in [0.5, 0.6) is 0 Å². The summed E-state index contributed by atoms with van der Waals surface area (Å²) in [4.78, 5) is 3.27. The SMILES string of the molecule is Cc1ccc(C(=N)N)c(N(C)Cc2ccc(Cl)s2)c1. The number of aryl methyl sites for hydroxylation is 1. The molecule has 0 aliphatic rings. The van der Waals surface area contributed by atoms with Crippen molar-refractivity contribution in [2.45, 2.75) is 13.5 Å². The Bertz CT molecular complexity index is 606. The van der Waals surface area contributed by atoms with Crippen molar-refractivity contribution in [3.63, 3.8) is 0 Å². The lowest BCUT2D eigenvalue weighted by molar-refractivity contribution is 0.937. The number of hydrogen-bond donors (Lipinski definition) is 2. The van der Waals surface area contributed by atoms with Crippen molar-refractivity contribution < 1.29 is 0 Å². The number of nitrogens with one attached hydrogen (secondary N) is 1. The van der Waals surface area contributed by atoms with E-state index in [-0.39, 0.29) is 5.84 Å². The van der Waals surface area contributed by atoms with Gasteiger partial charge in [0.2, 0.25) is 0 Å². The number of benzene rings is 1. The fraction of sp³-hybridized carbons (Fsp3) is 0.214. The summed E-state index contributed by atoms with van der Waals surface area (Å²) in [6.45, 7) is 2.78. The Morgan fingerprint density at radius 3 is 2.68 bits per heavy atom. The molecule has 1 aromatic carbocycles. The van der Waals surface area contributed by atoms with Crippen molar-refractivity contribution >= 4 is 34.5 Å². The van der Waals surface area contributed by atoms with Gasteiger partial charge in [0.05, 0.1) is 10.9 Å². The van der Waals surface area contributed by atoms with E-state index in [9.17, 15) is 0 Å². The second-order valence-electron chi connectivity index (χ2n) is 4.50. The minimum atomic E-state index is 0.0889. The summed E-state index contributed by atoms with van der Waals surface area (Å²) in [7, 11) is 1.99. The first-order valence-electron chi connectivity index (χ1n) is 5.88. The van der Waals surface area contributed by atoms with Crippen molar-refractivity contribution in [3.8, 4) is 0 Å². The smallest absolute Gasteiger partial charge is 0.124 e. The van der Waals surface area contributed by atoms with Gasteiger partial charge in [0, 0.05) is 23.2 Å². The third-order valence-electron chi connectivity index (χ3n) is 2.88. The largest absolute Gasteiger partial charge is 0.384 e. The van der Waals surface area contributed by atoms with Crippen molar-refractivity contribution in [1.29, 1.82) is 5.41 Å². The number of nitrogen functional groups attached to an aromatic ring is 1. The quantitative estimate of drug-likeness (QED) is 0.668. The lowest BCUT2D eigenvalue weighted by Gasteiger charge is -2.22. The van der Waals surface area contributed by atoms with E-state index in [0.717, 1.165) is 27.7 Å². The van der Waals surface area contributed by atoms with Crippen LogP contribution in [-0.2, 0) is 6.54 Å². The zero-order valence-electron chi connectivity index (χ0n) is 10.9. The van der Waals surface area contributed by atoms with Gasteiger partial charge in [-0.3, -0.25) is 5.41 Å². The monoisotopic (exact) mass is 293 g/mol. The highest BCUT2D eigenvalue weighted by Crippen LogP contribution is 2.26. The molecule has 0 spiro atoms. The van der Waals surface area contributed by atoms with Crippen LogP contribution in [0.15, 0.2) is 30.3 Å². The molecule has 2 rings (SSSR count). The van der Waals surface area contributed by atoms with Crippen molar-refractivity contribution in [1.82, 2.24) is 0 Å². The minimum absolute atomic E-state index is 0.0889. The average Bonchev–Trinajstić information content (AvgIpc) is 2.74. The molecule has 3 N–H and O–H groups in total. The molecule has 0 aliphatic carbocycles. The molecule has 3 nitrogen and oxygen atoms in total. The van der Waals surface area contributed by atoms with Gasteiger partial charge < -0.3 is 10.6 Å². The Hall–Kier alpha value is -1.52. The molecule has 1 heterocycles. The predicted molar refractivity (Wildman–Crippen MR) is 83.6 cm³/mol. The number of nitrogens with zero attached hydrogens (tertiary/aromatic N) is 1. The number of amidine groups is 1. The summed E-state index contributed by atoms with van der Waals surface area (Å²) in [5, 5.41) is 7.66. The van der Waals surface area contributed by atoms with Crippen LogP contribution in [0.1, 0.15) is 16.0 Å². The van der Waals surface area contributed by atoms with Gasteiger partial charge in [-0.2, -0.15) is 0 Å². The molecule has 0 saturated heterocycles. The van der Waals surface area contributed by atoms with E-state index in [2.05, 4.69) is 4.90 Å². The second-order valence-corrected chi connectivity index (χ2v) is 6.30. The van der Waals surface area contributed by atoms with Crippen molar-refractivity contribution in [2.75, 3.05) is 11.9 Å². The molecule has 0 radical (unpaired) electrons. The van der Waals surface area contributed by atoms with Crippen molar-refractivity contribution in [2.24, 2.45) is 5.73 Å². The standard InChI is InChI=1S/C14H16ClN3S/c1-9-3-5-11(14(16)17)12(7-9)18(2)8-10-4-6-13(15)19-10/h3-7H,8H2,1-2H3,(H3,16,17). The van der Waals surface area contributed by atoms with E-state index in [1.165, 1.54) is 4.88 Å². The fourth-order valence-corrected chi connectivity index (χ4v) is 3.08. The summed E-state index contributed by atoms with van der Waals surface area (Å²) in [6.07, 6.45) is 0. The summed E-state index contributed by atoms with van der Waals surface area (Å²) in [5.74, 6) is 0.0889. The van der Waals surface area contributed by atoms with Crippen LogP contribution < -0.4 is 10.6 Å². The number of halogens is 1. The molecular weight excluding hydrogens is 278 g/mol. The number of rotatable bonds is 4. The zero-order chi connectivity index (χ0) is 14.0. The first kappa shape index (κ1) is 13.9. The van der Waals surface area contributed by atoms with Crippen molar-refractivity contribution in [3.05, 3.63) is 50.7 Å². The Balaban J connectivity index is 2.29. The number of hydrogen-bond acceptors (Lipinski definition) is 3. The summed E-state index contributed by atoms with van der Waals surface area (Å²) in [5.41, 5.74) is 8.52. The van der Waals surface area contributed by atoms with Crippen LogP contribution in [0.3, 0.4) is 0 Å². The van der Waals surface area contributed by atoms with Gasteiger partial charge in [-0.1, -0.05) is 17.7 Å². The molecule has 2 aromatic rings. The third-order valence-corrected chi connectivity index (χ3v) is 4.09. The van der Waals surface area contributed by atoms with E-state index in [4.69, 9.17) is 22.7 Å². The van der Waals surface area contributed by atoms with Crippen LogP contribution in [0.4, 0.5) is 5.69 Å². The van der Waals surface area contributed by atoms with Gasteiger partial charge in [0.1, 0.15) is 5.84 Å². The number of thiophene rings is 1. The van der Waals surface area contributed by atoms with Gasteiger partial charge in [-0.05, 0) is 36.8 Å². The molecule has 0 atom stereocenters. The summed E-state index contributed by atoms with van der Waals surface area (Å²) in [6, 6.07) is 9.83. The van der Waals surface area contributed by atoms with Crippen LogP contribution in [0, 0.1) is 12.3 Å². The minimum Gasteiger partial charge on any atom is -0.384 e. The first-order valence-corrected chi connectivity index (χ1v) is 7.07. The van der Waals surface area contributed by atoms with Gasteiger partial charge in [-0.15, -0.1) is 11.3 Å². The topological polar surface area (TPSA) is 53.1 Å². The highest BCUT2D eigenvalue weighted by molar-refractivity contribution is 7.16. The number of nitrogens with two attached hydrogens (primary N) is 1. The highest BCUT2D eigenvalue weighted by Gasteiger charge is 2.11. The molecular formula is C14H16ClN3S. The van der Waals surface area contributed by atoms with Crippen LogP contribution in [0.25, 0.3) is 0 Å². The van der Waals surface area contributed by atoms with Gasteiger partial charge in [0.25, 0.3) is 0 Å². The van der Waals surface area contributed by atoms with E-state index in [0.29, 0.717) is 0 Å². The number of anilines is 1. The average molecular weight is 294 g/mol. The Kier molecular flexibility index (Phi) is 4.12. The molecule has 0 unspecified atom stereocenters. The van der Waals surface area contributed by atoms with Gasteiger partial charge >= 0.3 is 0 Å². The third kappa shape index (κ3) is 3.28. The molecule has 0 saturated carbocycles. The highest BCUT2D eigenvalue weighted by atomic mass is 35.5. The Labute approximate surface area is 122 Å². The molecule has 5 heteroatoms. The molecule has 0 fully saturated rings. The summed E-state index contributed by atoms with van der Waals surface area (Å²) < 4.78 is 0.791. The Morgan fingerprint density at radius 2 is 2.11 bits per heavy atom. The first-order chi connectivity index (χ1) is 8.97. The second kappa shape index (κ2) is 5.63. The molecule has 1 aromatic heterocycles. The van der Waals surface area contributed by atoms with E-state index in [1.807, 2.05) is 44.3 Å². The van der Waals surface area contributed by atoms with E-state index in [1.54, 1.807) is 11.3 Å². The van der Waals surface area contributed by atoms with Crippen LogP contribution >= 0.6 is 22.9 Å². The molecule has 0 bridgehead atoms. The maximum absolute atomic E-state index is 7.66. The lowest BCUT2D eigenvalue weighted by atomic mass is 10.1. The Morgan fingerprint density at radius 1 is 1.37 bits per heavy atom. The lowest BCUT2D eigenvalue weighted by Crippen LogP contribution is -2.21. The van der Waals surface area contributed by atoms with E-state index < -0.39 is 0 Å². The maximum Gasteiger partial charge on any atom is 0.124 e. The molecule has 0 amide bonds. The molecule has 19 heavy (non-hydrogen) atoms. The normalized spacial score (nSPS) is 10.5. The van der Waals surface area contributed by atoms with Gasteiger partial charge in [-0.25, -0.2) is 0 Å². The fourth-order valence-electron chi connectivity index (χ4n) is 1.94. The zero-order valence-corrected chi connectivity index (χ0v) is 12.5. The maximum atomic E-state index is 7.66. The van der Waals surface area contributed by atoms with E-state index >= 15 is 0 Å². The molecule has 0 aliphatic heterocycles. The molecule has 100 valence electrons. The van der Waals surface area contributed by atoms with Crippen LogP contribution in [0.2, 0.25) is 4.34 Å². The summed E-state index contributed by atoms with van der Waals surface area (Å²) >= 11 is 7.51. The predicted octanol–water partition coefficient (Wildman–Crippen LogP) is 3.63. The van der Waals surface area contributed by atoms with Gasteiger partial charge in [0.15, 0.2) is 0 Å².